The maximum absolute atomic E-state index is 5.19. The second kappa shape index (κ2) is 17.4. The topological polar surface area (TPSA) is 90.2 Å². The molecule has 0 saturated carbocycles. The Morgan fingerprint density at radius 3 is 1.15 bits per heavy atom. The maximum atomic E-state index is 5.19. The van der Waals surface area contributed by atoms with Crippen LogP contribution in [0.1, 0.15) is 11.4 Å². The van der Waals surface area contributed by atoms with Gasteiger partial charge >= 0.3 is 0 Å². The lowest BCUT2D eigenvalue weighted by atomic mass is 9.85. The van der Waals surface area contributed by atoms with Crippen LogP contribution >= 0.6 is 0 Å². The third-order valence-corrected chi connectivity index (χ3v) is 11.7. The predicted octanol–water partition coefficient (Wildman–Crippen LogP) is 14.2. The average molecular weight is 848 g/mol. The van der Waals surface area contributed by atoms with Crippen molar-refractivity contribution in [3.8, 4) is 102 Å². The van der Waals surface area contributed by atoms with E-state index in [9.17, 15) is 0 Å². The molecule has 66 heavy (non-hydrogen) atoms. The van der Waals surface area contributed by atoms with Crippen LogP contribution in [0.2, 0.25) is 0 Å². The minimum absolute atomic E-state index is 0.586. The van der Waals surface area contributed by atoms with Gasteiger partial charge in [-0.15, -0.1) is 0 Å². The summed E-state index contributed by atoms with van der Waals surface area (Å²) < 4.78 is 0. The van der Waals surface area contributed by atoms with E-state index in [1.165, 1.54) is 0 Å². The average Bonchev–Trinajstić information content (AvgIpc) is 3.38. The van der Waals surface area contributed by atoms with Gasteiger partial charge in [0.1, 0.15) is 0 Å². The predicted molar refractivity (Wildman–Crippen MR) is 267 cm³/mol. The second-order valence-electron chi connectivity index (χ2n) is 16.3. The fourth-order valence-corrected chi connectivity index (χ4v) is 8.62. The van der Waals surface area contributed by atoms with Gasteiger partial charge in [0.25, 0.3) is 0 Å². The van der Waals surface area contributed by atoms with Crippen LogP contribution in [-0.4, -0.2) is 34.9 Å². The molecular formula is C59H41N7. The van der Waals surface area contributed by atoms with E-state index in [1.807, 2.05) is 105 Å². The first-order chi connectivity index (χ1) is 32.5. The summed E-state index contributed by atoms with van der Waals surface area (Å²) in [7, 11) is 0. The number of pyridine rings is 1. The van der Waals surface area contributed by atoms with Crippen molar-refractivity contribution in [1.29, 1.82) is 0 Å². The Labute approximate surface area is 383 Å². The lowest BCUT2D eigenvalue weighted by molar-refractivity contribution is 1.07. The van der Waals surface area contributed by atoms with Crippen LogP contribution in [-0.2, 0) is 0 Å². The smallest absolute Gasteiger partial charge is 0.164 e. The first kappa shape index (κ1) is 40.0. The van der Waals surface area contributed by atoms with Crippen molar-refractivity contribution in [2.24, 2.45) is 0 Å². The van der Waals surface area contributed by atoms with Gasteiger partial charge < -0.3 is 0 Å². The summed E-state index contributed by atoms with van der Waals surface area (Å²) in [5.74, 6) is 3.63. The van der Waals surface area contributed by atoms with Gasteiger partial charge in [-0.3, -0.25) is 4.98 Å². The second-order valence-corrected chi connectivity index (χ2v) is 16.3. The van der Waals surface area contributed by atoms with Crippen LogP contribution in [0.4, 0.5) is 0 Å². The van der Waals surface area contributed by atoms with Crippen molar-refractivity contribution in [2.75, 3.05) is 0 Å². The number of aromatic nitrogens is 7. The van der Waals surface area contributed by atoms with E-state index in [0.29, 0.717) is 34.9 Å². The third kappa shape index (κ3) is 8.02. The Kier molecular flexibility index (Phi) is 10.5. The molecule has 0 N–H and O–H groups in total. The minimum Gasteiger partial charge on any atom is -0.258 e. The molecule has 7 heteroatoms. The molecular weight excluding hydrogens is 807 g/mol. The monoisotopic (exact) mass is 847 g/mol. The van der Waals surface area contributed by atoms with E-state index >= 15 is 0 Å². The van der Waals surface area contributed by atoms with Gasteiger partial charge in [-0.05, 0) is 76.2 Å². The van der Waals surface area contributed by atoms with E-state index in [4.69, 9.17) is 34.9 Å². The summed E-state index contributed by atoms with van der Waals surface area (Å²) in [5.41, 5.74) is 13.6. The molecule has 0 saturated heterocycles. The first-order valence-electron chi connectivity index (χ1n) is 22.0. The number of fused-ring (bicyclic) bond motifs is 1. The maximum Gasteiger partial charge on any atom is 0.164 e. The number of hydrogen-bond acceptors (Lipinski definition) is 7. The summed E-state index contributed by atoms with van der Waals surface area (Å²) in [4.78, 5) is 35.3. The van der Waals surface area contributed by atoms with Gasteiger partial charge in [0.05, 0.1) is 0 Å². The van der Waals surface area contributed by atoms with Crippen molar-refractivity contribution in [3.63, 3.8) is 0 Å². The molecule has 0 atom stereocenters. The van der Waals surface area contributed by atoms with Crippen molar-refractivity contribution >= 4 is 10.8 Å². The Morgan fingerprint density at radius 2 is 0.606 bits per heavy atom. The molecule has 3 heterocycles. The molecule has 0 spiro atoms. The number of hydrogen-bond donors (Lipinski definition) is 0. The molecule has 0 amide bonds. The largest absolute Gasteiger partial charge is 0.258 e. The molecule has 0 bridgehead atoms. The van der Waals surface area contributed by atoms with Crippen LogP contribution in [0.15, 0.2) is 212 Å². The van der Waals surface area contributed by atoms with Crippen molar-refractivity contribution < 1.29 is 0 Å². The molecule has 0 aliphatic heterocycles. The van der Waals surface area contributed by atoms with Crippen LogP contribution in [0.5, 0.6) is 0 Å². The van der Waals surface area contributed by atoms with Crippen LogP contribution < -0.4 is 0 Å². The molecule has 11 aromatic rings. The van der Waals surface area contributed by atoms with E-state index in [0.717, 1.165) is 88.9 Å². The minimum atomic E-state index is 0.586. The molecule has 3 aromatic heterocycles. The van der Waals surface area contributed by atoms with Crippen molar-refractivity contribution in [3.05, 3.63) is 224 Å². The number of nitrogens with zero attached hydrogens (tertiary/aromatic N) is 7. The Bertz CT molecular complexity index is 3460. The highest BCUT2D eigenvalue weighted by atomic mass is 15.0. The molecule has 312 valence electrons. The molecule has 0 radical (unpaired) electrons. The Balaban J connectivity index is 1.08. The van der Waals surface area contributed by atoms with Gasteiger partial charge in [0, 0.05) is 44.8 Å². The number of aryl methyl sites for hydroxylation is 2. The number of rotatable bonds is 9. The molecule has 0 aliphatic rings. The number of benzene rings is 8. The quantitative estimate of drug-likeness (QED) is 0.143. The zero-order valence-corrected chi connectivity index (χ0v) is 36.3. The van der Waals surface area contributed by atoms with Crippen molar-refractivity contribution in [1.82, 2.24) is 34.9 Å². The summed E-state index contributed by atoms with van der Waals surface area (Å²) in [6, 6.07) is 72.7. The Hall–Kier alpha value is -8.81. The summed E-state index contributed by atoms with van der Waals surface area (Å²) in [6.45, 7) is 4.09. The highest BCUT2D eigenvalue weighted by Gasteiger charge is 2.22. The van der Waals surface area contributed by atoms with Crippen LogP contribution in [0.25, 0.3) is 112 Å². The Morgan fingerprint density at radius 1 is 0.227 bits per heavy atom. The standard InChI is InChI=1S/C59H41N7/c1-38-35-48(36-39(2)60-38)50-28-16-27-49(53(50)51-25-14-15-26-52(51)59-65-55(43-20-8-4-9-21-43)62-56(66-59)44-22-10-5-11-23-44)41-30-32-45(33-31-41)57-61-54(42-18-6-3-7-19-42)63-58(64-57)47-34-29-40-17-12-13-24-46(40)37-47/h3-37H,1-2H3. The highest BCUT2D eigenvalue weighted by Crippen LogP contribution is 2.44. The lowest BCUT2D eigenvalue weighted by Crippen LogP contribution is -2.02. The first-order valence-corrected chi connectivity index (χ1v) is 22.0. The van der Waals surface area contributed by atoms with Gasteiger partial charge in [0.15, 0.2) is 34.9 Å². The SMILES string of the molecule is Cc1cc(-c2cccc(-c3ccc(-c4nc(-c5ccccc5)nc(-c5ccc6ccccc6c5)n4)cc3)c2-c2ccccc2-c2nc(-c3ccccc3)nc(-c3ccccc3)n2)cc(C)n1. The summed E-state index contributed by atoms with van der Waals surface area (Å²) >= 11 is 0. The summed E-state index contributed by atoms with van der Waals surface area (Å²) in [6.07, 6.45) is 0. The molecule has 0 unspecified atom stereocenters. The van der Waals surface area contributed by atoms with Gasteiger partial charge in [-0.1, -0.05) is 194 Å². The van der Waals surface area contributed by atoms with Gasteiger partial charge in [-0.2, -0.15) is 0 Å². The molecule has 0 aliphatic carbocycles. The lowest BCUT2D eigenvalue weighted by Gasteiger charge is -2.19. The van der Waals surface area contributed by atoms with E-state index in [2.05, 4.69) is 121 Å². The zero-order valence-electron chi connectivity index (χ0n) is 36.3. The fraction of sp³-hybridized carbons (Fsp3) is 0.0339. The van der Waals surface area contributed by atoms with Gasteiger partial charge in [-0.25, -0.2) is 29.9 Å². The summed E-state index contributed by atoms with van der Waals surface area (Å²) in [5, 5.41) is 2.29. The molecule has 8 aromatic carbocycles. The molecule has 7 nitrogen and oxygen atoms in total. The zero-order chi connectivity index (χ0) is 44.4. The van der Waals surface area contributed by atoms with E-state index in [1.54, 1.807) is 0 Å². The normalized spacial score (nSPS) is 11.2. The van der Waals surface area contributed by atoms with Crippen LogP contribution in [0.3, 0.4) is 0 Å². The molecule has 0 fully saturated rings. The fourth-order valence-electron chi connectivity index (χ4n) is 8.62. The third-order valence-electron chi connectivity index (χ3n) is 11.7. The van der Waals surface area contributed by atoms with Crippen LogP contribution in [0, 0.1) is 13.8 Å². The van der Waals surface area contributed by atoms with Crippen molar-refractivity contribution in [2.45, 2.75) is 13.8 Å². The molecule has 11 rings (SSSR count). The van der Waals surface area contributed by atoms with E-state index in [-0.39, 0.29) is 0 Å². The van der Waals surface area contributed by atoms with E-state index < -0.39 is 0 Å². The highest BCUT2D eigenvalue weighted by molar-refractivity contribution is 5.99. The van der Waals surface area contributed by atoms with Gasteiger partial charge in [0.2, 0.25) is 0 Å².